The highest BCUT2D eigenvalue weighted by Gasteiger charge is 2.04. The summed E-state index contributed by atoms with van der Waals surface area (Å²) in [5.41, 5.74) is 2.01. The predicted octanol–water partition coefficient (Wildman–Crippen LogP) is 3.38. The van der Waals surface area contributed by atoms with Crippen molar-refractivity contribution in [2.75, 3.05) is 13.1 Å². The molecule has 0 spiro atoms. The van der Waals surface area contributed by atoms with Crippen molar-refractivity contribution in [2.24, 2.45) is 0 Å². The van der Waals surface area contributed by atoms with Gasteiger partial charge in [-0.3, -0.25) is 4.79 Å². The van der Waals surface area contributed by atoms with Crippen molar-refractivity contribution in [1.29, 1.82) is 0 Å². The van der Waals surface area contributed by atoms with Crippen LogP contribution in [0.25, 0.3) is 0 Å². The molecule has 0 fully saturated rings. The highest BCUT2D eigenvalue weighted by atomic mass is 35.5. The molecule has 0 aliphatic rings. The van der Waals surface area contributed by atoms with Crippen molar-refractivity contribution in [1.82, 2.24) is 5.32 Å². The number of Topliss-reactive ketones (excluding diaryl/α,β-unsaturated/α-hetero) is 1. The number of carbonyl (C=O) groups is 1. The Kier molecular flexibility index (Phi) is 8.73. The van der Waals surface area contributed by atoms with Gasteiger partial charge in [0.25, 0.3) is 0 Å². The maximum absolute atomic E-state index is 11.7. The van der Waals surface area contributed by atoms with E-state index < -0.39 is 0 Å². The smallest absolute Gasteiger partial charge is 0.164 e. The van der Waals surface area contributed by atoms with Crippen LogP contribution in [0.3, 0.4) is 0 Å². The number of carbonyl (C=O) groups excluding carboxylic acids is 1. The van der Waals surface area contributed by atoms with Crippen molar-refractivity contribution in [3.63, 3.8) is 0 Å². The molecule has 1 aromatic rings. The second-order valence-corrected chi connectivity index (χ2v) is 4.14. The first-order valence-electron chi connectivity index (χ1n) is 6.04. The van der Waals surface area contributed by atoms with Crippen LogP contribution in [0.1, 0.15) is 42.1 Å². The average Bonchev–Trinajstić information content (AvgIpc) is 2.29. The molecular formula is C14H22ClNO. The summed E-state index contributed by atoms with van der Waals surface area (Å²) in [6.45, 7) is 5.99. The molecule has 1 rings (SSSR count). The summed E-state index contributed by atoms with van der Waals surface area (Å²) in [7, 11) is 0. The summed E-state index contributed by atoms with van der Waals surface area (Å²) in [5, 5.41) is 3.28. The number of hydrogen-bond donors (Lipinski definition) is 1. The van der Waals surface area contributed by atoms with Gasteiger partial charge in [-0.05, 0) is 19.9 Å². The van der Waals surface area contributed by atoms with E-state index in [1.54, 1.807) is 0 Å². The lowest BCUT2D eigenvalue weighted by molar-refractivity contribution is 0.0982. The largest absolute Gasteiger partial charge is 0.316 e. The minimum atomic E-state index is 0. The van der Waals surface area contributed by atoms with Crippen molar-refractivity contribution < 1.29 is 4.79 Å². The van der Waals surface area contributed by atoms with Crippen molar-refractivity contribution in [2.45, 2.75) is 33.1 Å². The molecule has 0 atom stereocenters. The molecule has 0 aromatic heterocycles. The molecule has 0 aliphatic carbocycles. The Hall–Kier alpha value is -0.860. The van der Waals surface area contributed by atoms with Crippen LogP contribution in [0.5, 0.6) is 0 Å². The zero-order valence-electron chi connectivity index (χ0n) is 10.7. The summed E-state index contributed by atoms with van der Waals surface area (Å²) in [6, 6.07) is 7.78. The summed E-state index contributed by atoms with van der Waals surface area (Å²) in [6.07, 6.45) is 2.96. The molecular weight excluding hydrogens is 234 g/mol. The summed E-state index contributed by atoms with van der Waals surface area (Å²) >= 11 is 0. The number of rotatable bonds is 7. The fraction of sp³-hybridized carbons (Fsp3) is 0.500. The van der Waals surface area contributed by atoms with E-state index in [1.807, 2.05) is 31.2 Å². The van der Waals surface area contributed by atoms with E-state index in [0.29, 0.717) is 6.42 Å². The predicted molar refractivity (Wildman–Crippen MR) is 75.2 cm³/mol. The number of unbranched alkanes of at least 4 members (excludes halogenated alkanes) is 1. The van der Waals surface area contributed by atoms with Crippen LogP contribution in [-0.4, -0.2) is 18.9 Å². The van der Waals surface area contributed by atoms with E-state index in [4.69, 9.17) is 0 Å². The normalized spacial score (nSPS) is 9.76. The maximum Gasteiger partial charge on any atom is 0.164 e. The van der Waals surface area contributed by atoms with Crippen LogP contribution in [0, 0.1) is 6.92 Å². The van der Waals surface area contributed by atoms with E-state index in [9.17, 15) is 4.79 Å². The van der Waals surface area contributed by atoms with E-state index in [-0.39, 0.29) is 18.2 Å². The van der Waals surface area contributed by atoms with Crippen molar-refractivity contribution >= 4 is 18.2 Å². The van der Waals surface area contributed by atoms with Crippen LogP contribution in [0.15, 0.2) is 24.3 Å². The molecule has 2 nitrogen and oxygen atoms in total. The fourth-order valence-electron chi connectivity index (χ4n) is 1.51. The summed E-state index contributed by atoms with van der Waals surface area (Å²) in [4.78, 5) is 11.7. The molecule has 0 unspecified atom stereocenters. The zero-order valence-corrected chi connectivity index (χ0v) is 11.5. The Morgan fingerprint density at radius 3 is 2.41 bits per heavy atom. The molecule has 96 valence electrons. The highest BCUT2D eigenvalue weighted by molar-refractivity contribution is 5.96. The van der Waals surface area contributed by atoms with Gasteiger partial charge in [0.1, 0.15) is 0 Å². The van der Waals surface area contributed by atoms with Gasteiger partial charge in [-0.1, -0.05) is 43.2 Å². The minimum Gasteiger partial charge on any atom is -0.316 e. The van der Waals surface area contributed by atoms with Crippen LogP contribution < -0.4 is 5.32 Å². The van der Waals surface area contributed by atoms with Crippen LogP contribution >= 0.6 is 12.4 Å². The third kappa shape index (κ3) is 6.44. The van der Waals surface area contributed by atoms with Gasteiger partial charge in [0.2, 0.25) is 0 Å². The number of benzene rings is 1. The molecule has 0 amide bonds. The van der Waals surface area contributed by atoms with Gasteiger partial charge in [0, 0.05) is 18.5 Å². The van der Waals surface area contributed by atoms with Gasteiger partial charge in [0.05, 0.1) is 0 Å². The summed E-state index contributed by atoms with van der Waals surface area (Å²) in [5.74, 6) is 0.226. The number of ketones is 1. The molecule has 17 heavy (non-hydrogen) atoms. The SMILES string of the molecule is CCCCNCCC(=O)c1ccc(C)cc1.Cl. The topological polar surface area (TPSA) is 29.1 Å². The standard InChI is InChI=1S/C14H21NO.ClH/c1-3-4-10-15-11-9-14(16)13-7-5-12(2)6-8-13;/h5-8,15H,3-4,9-11H2,1-2H3;1H. The van der Waals surface area contributed by atoms with E-state index >= 15 is 0 Å². The number of aryl methyl sites for hydroxylation is 1. The Bertz CT molecular complexity index is 321. The number of nitrogens with one attached hydrogen (secondary N) is 1. The van der Waals surface area contributed by atoms with E-state index in [0.717, 1.165) is 18.7 Å². The lowest BCUT2D eigenvalue weighted by Gasteiger charge is -2.03. The Morgan fingerprint density at radius 2 is 1.82 bits per heavy atom. The van der Waals surface area contributed by atoms with Gasteiger partial charge >= 0.3 is 0 Å². The van der Waals surface area contributed by atoms with Crippen LogP contribution in [0.2, 0.25) is 0 Å². The Balaban J connectivity index is 0.00000256. The van der Waals surface area contributed by atoms with E-state index in [1.165, 1.54) is 18.4 Å². The van der Waals surface area contributed by atoms with Gasteiger partial charge in [0.15, 0.2) is 5.78 Å². The lowest BCUT2D eigenvalue weighted by atomic mass is 10.1. The molecule has 0 bridgehead atoms. The van der Waals surface area contributed by atoms with Crippen molar-refractivity contribution in [3.8, 4) is 0 Å². The Labute approximate surface area is 110 Å². The molecule has 3 heteroatoms. The maximum atomic E-state index is 11.7. The van der Waals surface area contributed by atoms with E-state index in [2.05, 4.69) is 12.2 Å². The number of halogens is 1. The molecule has 1 N–H and O–H groups in total. The van der Waals surface area contributed by atoms with Gasteiger partial charge in [-0.15, -0.1) is 12.4 Å². The quantitative estimate of drug-likeness (QED) is 0.598. The average molecular weight is 256 g/mol. The van der Waals surface area contributed by atoms with Crippen LogP contribution in [0.4, 0.5) is 0 Å². The third-order valence-corrected chi connectivity index (χ3v) is 2.61. The Morgan fingerprint density at radius 1 is 1.18 bits per heavy atom. The highest BCUT2D eigenvalue weighted by Crippen LogP contribution is 2.05. The minimum absolute atomic E-state index is 0. The van der Waals surface area contributed by atoms with Gasteiger partial charge in [-0.25, -0.2) is 0 Å². The first-order chi connectivity index (χ1) is 7.74. The van der Waals surface area contributed by atoms with Gasteiger partial charge in [-0.2, -0.15) is 0 Å². The molecule has 0 radical (unpaired) electrons. The fourth-order valence-corrected chi connectivity index (χ4v) is 1.51. The zero-order chi connectivity index (χ0) is 11.8. The van der Waals surface area contributed by atoms with Crippen LogP contribution in [-0.2, 0) is 0 Å². The second-order valence-electron chi connectivity index (χ2n) is 4.14. The first-order valence-corrected chi connectivity index (χ1v) is 6.04. The molecule has 0 heterocycles. The third-order valence-electron chi connectivity index (χ3n) is 2.61. The lowest BCUT2D eigenvalue weighted by Crippen LogP contribution is -2.19. The first kappa shape index (κ1) is 16.1. The molecule has 0 aliphatic heterocycles. The number of hydrogen-bond acceptors (Lipinski definition) is 2. The second kappa shape index (κ2) is 9.20. The van der Waals surface area contributed by atoms with Gasteiger partial charge < -0.3 is 5.32 Å². The molecule has 1 aromatic carbocycles. The molecule has 0 saturated heterocycles. The summed E-state index contributed by atoms with van der Waals surface area (Å²) < 4.78 is 0. The van der Waals surface area contributed by atoms with Crippen molar-refractivity contribution in [3.05, 3.63) is 35.4 Å². The molecule has 0 saturated carbocycles. The monoisotopic (exact) mass is 255 g/mol.